The van der Waals surface area contributed by atoms with E-state index in [0.29, 0.717) is 18.1 Å². The summed E-state index contributed by atoms with van der Waals surface area (Å²) >= 11 is 0. The number of benzene rings is 1. The van der Waals surface area contributed by atoms with Crippen LogP contribution in [0.2, 0.25) is 0 Å². The van der Waals surface area contributed by atoms with Crippen molar-refractivity contribution in [3.63, 3.8) is 0 Å². The Morgan fingerprint density at radius 1 is 1.12 bits per heavy atom. The van der Waals surface area contributed by atoms with Crippen molar-refractivity contribution < 1.29 is 14.0 Å². The molecule has 0 fully saturated rings. The lowest BCUT2D eigenvalue weighted by Gasteiger charge is -2.11. The second-order valence-corrected chi connectivity index (χ2v) is 5.85. The molecule has 0 saturated carbocycles. The molecule has 3 rings (SSSR count). The maximum Gasteiger partial charge on any atom is 0.161 e. The minimum absolute atomic E-state index is 0.365. The Balaban J connectivity index is 1.77. The zero-order valence-corrected chi connectivity index (χ0v) is 15.5. The van der Waals surface area contributed by atoms with E-state index in [4.69, 9.17) is 14.0 Å². The molecule has 0 aliphatic rings. The van der Waals surface area contributed by atoms with E-state index in [1.165, 1.54) is 0 Å². The van der Waals surface area contributed by atoms with Crippen LogP contribution in [0.15, 0.2) is 27.8 Å². The third kappa shape index (κ3) is 3.58. The van der Waals surface area contributed by atoms with Gasteiger partial charge in [0, 0.05) is 0 Å². The van der Waals surface area contributed by atoms with E-state index in [0.717, 1.165) is 34.2 Å². The van der Waals surface area contributed by atoms with Gasteiger partial charge in [-0.15, -0.1) is 10.2 Å². The molecule has 0 saturated heterocycles. The number of methoxy groups -OCH3 is 1. The summed E-state index contributed by atoms with van der Waals surface area (Å²) in [5, 5.41) is 16.3. The van der Waals surface area contributed by atoms with Gasteiger partial charge in [0.15, 0.2) is 23.1 Å². The van der Waals surface area contributed by atoms with Crippen LogP contribution in [0.3, 0.4) is 0 Å². The molecular formula is C18H21N5O3. The molecule has 2 heterocycles. The Bertz CT molecular complexity index is 903. The molecule has 3 aromatic rings. The average Bonchev–Trinajstić information content (AvgIpc) is 3.13. The highest BCUT2D eigenvalue weighted by Crippen LogP contribution is 2.29. The van der Waals surface area contributed by atoms with Gasteiger partial charge in [0.25, 0.3) is 0 Å². The van der Waals surface area contributed by atoms with Crippen molar-refractivity contribution in [1.29, 1.82) is 0 Å². The first-order valence-corrected chi connectivity index (χ1v) is 8.15. The van der Waals surface area contributed by atoms with Crippen molar-refractivity contribution >= 4 is 6.21 Å². The molecule has 0 unspecified atom stereocenters. The van der Waals surface area contributed by atoms with Gasteiger partial charge in [-0.05, 0) is 51.5 Å². The second kappa shape index (κ2) is 7.38. The first-order chi connectivity index (χ1) is 12.5. The Morgan fingerprint density at radius 2 is 1.85 bits per heavy atom. The summed E-state index contributed by atoms with van der Waals surface area (Å²) in [6.07, 6.45) is 1.73. The fraction of sp³-hybridized carbons (Fsp3) is 0.333. The summed E-state index contributed by atoms with van der Waals surface area (Å²) in [6.45, 7) is 7.82. The molecule has 0 atom stereocenters. The Labute approximate surface area is 151 Å². The summed E-state index contributed by atoms with van der Waals surface area (Å²) in [5.41, 5.74) is 2.64. The first kappa shape index (κ1) is 17.7. The van der Waals surface area contributed by atoms with Crippen molar-refractivity contribution in [3.05, 3.63) is 52.4 Å². The predicted molar refractivity (Wildman–Crippen MR) is 95.8 cm³/mol. The van der Waals surface area contributed by atoms with Crippen LogP contribution < -0.4 is 9.47 Å². The number of hydrogen-bond acceptors (Lipinski definition) is 7. The normalized spacial score (nSPS) is 11.3. The lowest BCUT2D eigenvalue weighted by atomic mass is 10.2. The minimum atomic E-state index is 0.365. The summed E-state index contributed by atoms with van der Waals surface area (Å²) in [6, 6.07) is 5.62. The lowest BCUT2D eigenvalue weighted by molar-refractivity contribution is 0.281. The summed E-state index contributed by atoms with van der Waals surface area (Å²) in [4.78, 5) is 0. The van der Waals surface area contributed by atoms with E-state index in [-0.39, 0.29) is 0 Å². The molecular weight excluding hydrogens is 334 g/mol. The highest BCUT2D eigenvalue weighted by Gasteiger charge is 2.12. The Hall–Kier alpha value is -3.16. The van der Waals surface area contributed by atoms with Crippen molar-refractivity contribution in [2.75, 3.05) is 7.11 Å². The standard InChI is InChI=1S/C18H21N5O3/c1-11-16(12(2)26-22-11)10-25-17-7-6-15(8-18(17)24-5)9-19-23-13(3)20-21-14(23)4/h6-9H,10H2,1-5H3. The molecule has 2 aromatic heterocycles. The van der Waals surface area contributed by atoms with Gasteiger partial charge < -0.3 is 14.0 Å². The van der Waals surface area contributed by atoms with E-state index < -0.39 is 0 Å². The Morgan fingerprint density at radius 3 is 2.46 bits per heavy atom. The molecule has 0 radical (unpaired) electrons. The number of nitrogens with zero attached hydrogens (tertiary/aromatic N) is 5. The minimum Gasteiger partial charge on any atom is -0.493 e. The van der Waals surface area contributed by atoms with Gasteiger partial charge in [-0.25, -0.2) is 4.68 Å². The molecule has 0 spiro atoms. The van der Waals surface area contributed by atoms with Crippen molar-refractivity contribution in [2.24, 2.45) is 5.10 Å². The van der Waals surface area contributed by atoms with E-state index in [1.54, 1.807) is 18.0 Å². The maximum atomic E-state index is 5.88. The van der Waals surface area contributed by atoms with Crippen LogP contribution >= 0.6 is 0 Å². The van der Waals surface area contributed by atoms with E-state index >= 15 is 0 Å². The van der Waals surface area contributed by atoms with Gasteiger partial charge in [0.05, 0.1) is 24.6 Å². The van der Waals surface area contributed by atoms with E-state index in [2.05, 4.69) is 20.5 Å². The highest BCUT2D eigenvalue weighted by atomic mass is 16.5. The van der Waals surface area contributed by atoms with Gasteiger partial charge >= 0.3 is 0 Å². The first-order valence-electron chi connectivity index (χ1n) is 8.15. The number of rotatable bonds is 6. The fourth-order valence-electron chi connectivity index (χ4n) is 2.50. The number of aromatic nitrogens is 4. The third-order valence-electron chi connectivity index (χ3n) is 4.02. The van der Waals surface area contributed by atoms with Crippen LogP contribution in [0.5, 0.6) is 11.5 Å². The average molecular weight is 355 g/mol. The van der Waals surface area contributed by atoms with Crippen molar-refractivity contribution in [1.82, 2.24) is 20.0 Å². The van der Waals surface area contributed by atoms with Gasteiger partial charge in [-0.3, -0.25) is 0 Å². The molecule has 0 N–H and O–H groups in total. The SMILES string of the molecule is COc1cc(C=Nn2c(C)nnc2C)ccc1OCc1c(C)noc1C. The van der Waals surface area contributed by atoms with Gasteiger partial charge in [-0.2, -0.15) is 5.10 Å². The molecule has 26 heavy (non-hydrogen) atoms. The van der Waals surface area contributed by atoms with Crippen LogP contribution in [0.1, 0.15) is 34.2 Å². The van der Waals surface area contributed by atoms with E-state index in [1.807, 2.05) is 45.9 Å². The van der Waals surface area contributed by atoms with E-state index in [9.17, 15) is 0 Å². The quantitative estimate of drug-likeness (QED) is 0.632. The molecule has 136 valence electrons. The summed E-state index contributed by atoms with van der Waals surface area (Å²) < 4.78 is 18.2. The molecule has 0 bridgehead atoms. The highest BCUT2D eigenvalue weighted by molar-refractivity contribution is 5.80. The second-order valence-electron chi connectivity index (χ2n) is 5.85. The molecule has 8 nitrogen and oxygen atoms in total. The van der Waals surface area contributed by atoms with Crippen molar-refractivity contribution in [3.8, 4) is 11.5 Å². The van der Waals surface area contributed by atoms with Crippen LogP contribution in [0, 0.1) is 27.7 Å². The number of hydrogen-bond donors (Lipinski definition) is 0. The van der Waals surface area contributed by atoms with Crippen LogP contribution in [-0.2, 0) is 6.61 Å². The molecule has 0 amide bonds. The monoisotopic (exact) mass is 355 g/mol. The number of aryl methyl sites for hydroxylation is 4. The van der Waals surface area contributed by atoms with Crippen LogP contribution in [0.4, 0.5) is 0 Å². The van der Waals surface area contributed by atoms with Gasteiger partial charge in [0.2, 0.25) is 0 Å². The maximum absolute atomic E-state index is 5.88. The summed E-state index contributed by atoms with van der Waals surface area (Å²) in [7, 11) is 1.60. The molecule has 0 aliphatic heterocycles. The lowest BCUT2D eigenvalue weighted by Crippen LogP contribution is -2.00. The van der Waals surface area contributed by atoms with Gasteiger partial charge in [-0.1, -0.05) is 5.16 Å². The van der Waals surface area contributed by atoms with Crippen molar-refractivity contribution in [2.45, 2.75) is 34.3 Å². The largest absolute Gasteiger partial charge is 0.493 e. The topological polar surface area (TPSA) is 87.6 Å². The van der Waals surface area contributed by atoms with Crippen LogP contribution in [-0.4, -0.2) is 33.4 Å². The molecule has 1 aromatic carbocycles. The summed E-state index contributed by atoms with van der Waals surface area (Å²) in [5.74, 6) is 3.47. The number of ether oxygens (including phenoxy) is 2. The molecule has 0 aliphatic carbocycles. The third-order valence-corrected chi connectivity index (χ3v) is 4.02. The molecule has 8 heteroatoms. The van der Waals surface area contributed by atoms with Crippen LogP contribution in [0.25, 0.3) is 0 Å². The fourth-order valence-corrected chi connectivity index (χ4v) is 2.50. The zero-order chi connectivity index (χ0) is 18.7. The smallest absolute Gasteiger partial charge is 0.161 e. The van der Waals surface area contributed by atoms with Gasteiger partial charge in [0.1, 0.15) is 12.4 Å². The zero-order valence-electron chi connectivity index (χ0n) is 15.5. The predicted octanol–water partition coefficient (Wildman–Crippen LogP) is 2.97. The Kier molecular flexibility index (Phi) is 5.01.